The fraction of sp³-hybridized carbons (Fsp3) is 0.400. The van der Waals surface area contributed by atoms with E-state index in [1.165, 1.54) is 5.56 Å². The molecule has 2 atom stereocenters. The molecule has 0 fully saturated rings. The van der Waals surface area contributed by atoms with Gasteiger partial charge in [0.15, 0.2) is 0 Å². The Morgan fingerprint density at radius 2 is 2.04 bits per heavy atom. The molecule has 2 unspecified atom stereocenters. The molecule has 1 aliphatic rings. The van der Waals surface area contributed by atoms with E-state index in [4.69, 9.17) is 20.3 Å². The summed E-state index contributed by atoms with van der Waals surface area (Å²) in [5.41, 5.74) is 8.37. The zero-order chi connectivity index (χ0) is 16.8. The number of fused-ring (bicyclic) bond motifs is 1. The summed E-state index contributed by atoms with van der Waals surface area (Å²) in [5, 5.41) is 8.98. The Morgan fingerprint density at radius 1 is 1.21 bits per heavy atom. The molecule has 3 N–H and O–H groups in total. The predicted molar refractivity (Wildman–Crippen MR) is 94.2 cm³/mol. The van der Waals surface area contributed by atoms with Crippen molar-refractivity contribution in [1.82, 2.24) is 0 Å². The van der Waals surface area contributed by atoms with Gasteiger partial charge in [-0.1, -0.05) is 36.4 Å². The molecule has 128 valence electrons. The second kappa shape index (κ2) is 8.18. The molecule has 4 heteroatoms. The third-order valence-corrected chi connectivity index (χ3v) is 4.38. The Morgan fingerprint density at radius 3 is 2.83 bits per heavy atom. The molecule has 1 aliphatic heterocycles. The Balaban J connectivity index is 1.60. The fourth-order valence-electron chi connectivity index (χ4n) is 3.02. The molecule has 0 bridgehead atoms. The first-order chi connectivity index (χ1) is 11.7. The summed E-state index contributed by atoms with van der Waals surface area (Å²) in [6.07, 6.45) is 3.46. The molecule has 0 aliphatic carbocycles. The van der Waals surface area contributed by atoms with Crippen molar-refractivity contribution in [3.63, 3.8) is 0 Å². The van der Waals surface area contributed by atoms with E-state index in [1.807, 2.05) is 42.5 Å². The van der Waals surface area contributed by atoms with Crippen LogP contribution in [0.1, 0.15) is 30.4 Å². The number of aliphatic hydroxyl groups excluding tert-OH is 1. The largest absolute Gasteiger partial charge is 0.490 e. The highest BCUT2D eigenvalue weighted by Crippen LogP contribution is 2.32. The minimum atomic E-state index is -0.0148. The molecule has 0 radical (unpaired) electrons. The van der Waals surface area contributed by atoms with Crippen LogP contribution in [-0.2, 0) is 13.0 Å². The second-order valence-corrected chi connectivity index (χ2v) is 6.33. The smallest absolute Gasteiger partial charge is 0.126 e. The van der Waals surface area contributed by atoms with E-state index >= 15 is 0 Å². The maximum atomic E-state index is 8.98. The lowest BCUT2D eigenvalue weighted by molar-refractivity contribution is 0.148. The lowest BCUT2D eigenvalue weighted by atomic mass is 9.97. The van der Waals surface area contributed by atoms with Crippen molar-refractivity contribution in [1.29, 1.82) is 0 Å². The summed E-state index contributed by atoms with van der Waals surface area (Å²) in [6.45, 7) is 0.673. The summed E-state index contributed by atoms with van der Waals surface area (Å²) < 4.78 is 12.0. The van der Waals surface area contributed by atoms with Gasteiger partial charge in [-0.25, -0.2) is 0 Å². The van der Waals surface area contributed by atoms with Crippen LogP contribution in [0.25, 0.3) is 0 Å². The number of aryl methyl sites for hydroxylation is 1. The third-order valence-electron chi connectivity index (χ3n) is 4.38. The van der Waals surface area contributed by atoms with Gasteiger partial charge in [-0.15, -0.1) is 0 Å². The van der Waals surface area contributed by atoms with Crippen LogP contribution >= 0.6 is 0 Å². The molecule has 2 aromatic carbocycles. The summed E-state index contributed by atoms with van der Waals surface area (Å²) in [7, 11) is 0. The van der Waals surface area contributed by atoms with E-state index in [-0.39, 0.29) is 18.8 Å². The summed E-state index contributed by atoms with van der Waals surface area (Å²) in [5.74, 6) is 1.71. The summed E-state index contributed by atoms with van der Waals surface area (Å²) in [6, 6.07) is 16.2. The van der Waals surface area contributed by atoms with Crippen molar-refractivity contribution in [3.8, 4) is 11.5 Å². The molecule has 0 saturated heterocycles. The Bertz CT molecular complexity index is 645. The van der Waals surface area contributed by atoms with Gasteiger partial charge >= 0.3 is 0 Å². The third kappa shape index (κ3) is 4.49. The molecule has 4 nitrogen and oxygen atoms in total. The highest BCUT2D eigenvalue weighted by molar-refractivity contribution is 5.42. The van der Waals surface area contributed by atoms with Gasteiger partial charge in [0.25, 0.3) is 0 Å². The van der Waals surface area contributed by atoms with Crippen molar-refractivity contribution < 1.29 is 14.6 Å². The maximum absolute atomic E-state index is 8.98. The molecule has 0 spiro atoms. The van der Waals surface area contributed by atoms with Gasteiger partial charge in [0.1, 0.15) is 24.2 Å². The van der Waals surface area contributed by atoms with E-state index < -0.39 is 0 Å². The number of benzene rings is 2. The van der Waals surface area contributed by atoms with Crippen molar-refractivity contribution in [3.05, 3.63) is 59.7 Å². The zero-order valence-electron chi connectivity index (χ0n) is 13.9. The first-order valence-corrected chi connectivity index (χ1v) is 8.57. The van der Waals surface area contributed by atoms with Crippen molar-refractivity contribution in [2.24, 2.45) is 5.73 Å². The van der Waals surface area contributed by atoms with E-state index in [0.717, 1.165) is 36.3 Å². The monoisotopic (exact) mass is 327 g/mol. The standard InChI is InChI=1S/C20H25NO3/c21-17(10-11-22)12-19-9-7-16-6-8-18(13-20(16)24-19)23-14-15-4-2-1-3-5-15/h1-6,8,13,17,19,22H,7,9-12,14,21H2. The van der Waals surface area contributed by atoms with Crippen molar-refractivity contribution in [2.45, 2.75) is 44.4 Å². The lowest BCUT2D eigenvalue weighted by Gasteiger charge is -2.28. The Hall–Kier alpha value is -2.04. The number of hydrogen-bond acceptors (Lipinski definition) is 4. The topological polar surface area (TPSA) is 64.7 Å². The second-order valence-electron chi connectivity index (χ2n) is 6.33. The van der Waals surface area contributed by atoms with E-state index in [9.17, 15) is 0 Å². The minimum Gasteiger partial charge on any atom is -0.490 e. The van der Waals surface area contributed by atoms with E-state index in [2.05, 4.69) is 6.07 Å². The lowest BCUT2D eigenvalue weighted by Crippen LogP contribution is -2.32. The number of ether oxygens (including phenoxy) is 2. The van der Waals surface area contributed by atoms with Gasteiger partial charge in [-0.3, -0.25) is 0 Å². The summed E-state index contributed by atoms with van der Waals surface area (Å²) >= 11 is 0. The van der Waals surface area contributed by atoms with Gasteiger partial charge in [0.05, 0.1) is 0 Å². The van der Waals surface area contributed by atoms with Crippen LogP contribution in [0.4, 0.5) is 0 Å². The molecule has 24 heavy (non-hydrogen) atoms. The maximum Gasteiger partial charge on any atom is 0.126 e. The molecule has 0 amide bonds. The van der Waals surface area contributed by atoms with Crippen LogP contribution in [0.3, 0.4) is 0 Å². The molecular weight excluding hydrogens is 302 g/mol. The van der Waals surface area contributed by atoms with Gasteiger partial charge in [0.2, 0.25) is 0 Å². The van der Waals surface area contributed by atoms with Crippen LogP contribution in [0.2, 0.25) is 0 Å². The minimum absolute atomic E-state index is 0.0148. The highest BCUT2D eigenvalue weighted by Gasteiger charge is 2.22. The zero-order valence-corrected chi connectivity index (χ0v) is 13.9. The summed E-state index contributed by atoms with van der Waals surface area (Å²) in [4.78, 5) is 0. The Kier molecular flexibility index (Phi) is 5.72. The van der Waals surface area contributed by atoms with Crippen LogP contribution in [0, 0.1) is 0 Å². The highest BCUT2D eigenvalue weighted by atomic mass is 16.5. The van der Waals surface area contributed by atoms with Gasteiger partial charge in [0, 0.05) is 18.7 Å². The Labute approximate surface area is 143 Å². The van der Waals surface area contributed by atoms with E-state index in [0.29, 0.717) is 13.0 Å². The number of hydrogen-bond donors (Lipinski definition) is 2. The van der Waals surface area contributed by atoms with Gasteiger partial charge < -0.3 is 20.3 Å². The normalized spacial score (nSPS) is 17.7. The molecule has 1 heterocycles. The predicted octanol–water partition coefficient (Wildman–Crippen LogP) is 3.06. The van der Waals surface area contributed by atoms with Crippen molar-refractivity contribution in [2.75, 3.05) is 6.61 Å². The molecule has 0 aromatic heterocycles. The molecule has 3 rings (SSSR count). The van der Waals surface area contributed by atoms with Crippen LogP contribution in [0.5, 0.6) is 11.5 Å². The number of nitrogens with two attached hydrogens (primary N) is 1. The first-order valence-electron chi connectivity index (χ1n) is 8.57. The van der Waals surface area contributed by atoms with Crippen LogP contribution in [-0.4, -0.2) is 23.9 Å². The van der Waals surface area contributed by atoms with Crippen LogP contribution in [0.15, 0.2) is 48.5 Å². The fourth-order valence-corrected chi connectivity index (χ4v) is 3.02. The van der Waals surface area contributed by atoms with Crippen LogP contribution < -0.4 is 15.2 Å². The quantitative estimate of drug-likeness (QED) is 0.820. The average Bonchev–Trinajstić information content (AvgIpc) is 2.60. The van der Waals surface area contributed by atoms with Crippen molar-refractivity contribution >= 4 is 0 Å². The first kappa shape index (κ1) is 16.8. The average molecular weight is 327 g/mol. The van der Waals surface area contributed by atoms with E-state index in [1.54, 1.807) is 0 Å². The molecule has 0 saturated carbocycles. The molecular formula is C20H25NO3. The molecule has 2 aromatic rings. The SMILES string of the molecule is NC(CCO)CC1CCc2ccc(OCc3ccccc3)cc2O1. The van der Waals surface area contributed by atoms with Gasteiger partial charge in [-0.05, 0) is 42.9 Å². The number of rotatable bonds is 7. The number of aliphatic hydroxyl groups is 1. The van der Waals surface area contributed by atoms with Gasteiger partial charge in [-0.2, -0.15) is 0 Å².